The summed E-state index contributed by atoms with van der Waals surface area (Å²) in [6, 6.07) is 33.6. The van der Waals surface area contributed by atoms with Crippen LogP contribution in [0.3, 0.4) is 0 Å². The first kappa shape index (κ1) is 67.7. The Morgan fingerprint density at radius 3 is 0.792 bits per heavy atom. The molecule has 96 heavy (non-hydrogen) atoms. The van der Waals surface area contributed by atoms with Crippen molar-refractivity contribution in [3.8, 4) is 0 Å². The van der Waals surface area contributed by atoms with E-state index in [1.54, 1.807) is 0 Å². The second-order valence-electron chi connectivity index (χ2n) is 26.8. The van der Waals surface area contributed by atoms with E-state index in [0.29, 0.717) is 37.1 Å². The van der Waals surface area contributed by atoms with Crippen LogP contribution in [0.5, 0.6) is 0 Å². The maximum Gasteiger partial charge on any atom is 0.258 e. The Balaban J connectivity index is 0.000000154. The molecule has 6 aromatic rings. The zero-order valence-corrected chi connectivity index (χ0v) is 57.2. The maximum absolute atomic E-state index is 13.6. The molecule has 8 aliphatic rings. The number of hydrogen-bond donors (Lipinski definition) is 0. The van der Waals surface area contributed by atoms with Gasteiger partial charge in [-0.25, -0.2) is 19.6 Å². The predicted octanol–water partition coefficient (Wildman–Crippen LogP) is 15.3. The fourth-order valence-electron chi connectivity index (χ4n) is 16.2. The molecule has 6 aromatic carbocycles. The predicted molar refractivity (Wildman–Crippen MR) is 383 cm³/mol. The number of benzene rings is 6. The number of nitrogens with zero attached hydrogens (tertiary/aromatic N) is 4. The van der Waals surface area contributed by atoms with Crippen molar-refractivity contribution in [1.82, 2.24) is 0 Å². The molecule has 4 aliphatic carbocycles. The summed E-state index contributed by atoms with van der Waals surface area (Å²) >= 11 is 0. The molecule has 4 fully saturated rings. The first-order valence-corrected chi connectivity index (χ1v) is 34.4. The van der Waals surface area contributed by atoms with Crippen LogP contribution in [0, 0.1) is 75.0 Å². The average Bonchev–Trinajstić information content (AvgIpc) is 1.57. The Bertz CT molecular complexity index is 3940. The fourth-order valence-corrected chi connectivity index (χ4v) is 16.2. The normalized spacial score (nSPS) is 22.1. The van der Waals surface area contributed by atoms with Gasteiger partial charge in [-0.3, -0.25) is 38.4 Å². The van der Waals surface area contributed by atoms with Gasteiger partial charge in [0.15, 0.2) is 0 Å². The standard InChI is InChI=1S/C37H38N2O4.C27H26N2O4.2C10H12/c1-5-22-14-20(11-18(3)32(22)38-34(40)28-24-7-8-25(16-24)29(28)35(38)41)13-21-12-19(4)33(23(6-2)15-21)39-36(42)30-26-9-10-27(17-26)31(30)37(39)43;1-5-20-14-18(11-16(3)26(20)28-22(30)7-8-23(28)31)13-19-12-17(4)27(21(6-2)15-19)29-24(32)9-10-25(29)33;2*1-3-9-5-7-10(4-2)8-6-9/h7-12,14-15,24-31H,5-6,13,16-17H2,1-4H3;7-12,14-15H,5-6,13H2,1-4H3;2*3,5-8H,1,4H2,2H3. The van der Waals surface area contributed by atoms with Gasteiger partial charge in [0, 0.05) is 24.3 Å². The molecule has 8 amide bonds. The topological polar surface area (TPSA) is 150 Å². The van der Waals surface area contributed by atoms with Gasteiger partial charge in [0.25, 0.3) is 23.6 Å². The van der Waals surface area contributed by atoms with Gasteiger partial charge in [0.2, 0.25) is 23.6 Å². The van der Waals surface area contributed by atoms with E-state index >= 15 is 0 Å². The van der Waals surface area contributed by atoms with Crippen LogP contribution < -0.4 is 19.6 Å². The van der Waals surface area contributed by atoms with Crippen LogP contribution in [-0.4, -0.2) is 47.3 Å². The third-order valence-electron chi connectivity index (χ3n) is 20.8. The van der Waals surface area contributed by atoms with Gasteiger partial charge >= 0.3 is 0 Å². The van der Waals surface area contributed by atoms with Crippen LogP contribution in [0.2, 0.25) is 0 Å². The van der Waals surface area contributed by atoms with Gasteiger partial charge in [-0.15, -0.1) is 0 Å². The molecule has 8 unspecified atom stereocenters. The number of fused-ring (bicyclic) bond motifs is 10. The van der Waals surface area contributed by atoms with Crippen molar-refractivity contribution in [3.05, 3.63) is 248 Å². The lowest BCUT2D eigenvalue weighted by Gasteiger charge is -2.24. The van der Waals surface area contributed by atoms with Gasteiger partial charge in [-0.2, -0.15) is 0 Å². The molecule has 0 spiro atoms. The highest BCUT2D eigenvalue weighted by Gasteiger charge is 2.61. The lowest BCUT2D eigenvalue weighted by molar-refractivity contribution is -0.124. The molecule has 14 rings (SSSR count). The van der Waals surface area contributed by atoms with E-state index in [4.69, 9.17) is 0 Å². The number of rotatable bonds is 16. The highest BCUT2D eigenvalue weighted by atomic mass is 16.2. The number of hydrogen-bond acceptors (Lipinski definition) is 8. The van der Waals surface area contributed by atoms with Crippen molar-refractivity contribution in [2.24, 2.45) is 47.3 Å². The van der Waals surface area contributed by atoms with Gasteiger partial charge in [0.1, 0.15) is 0 Å². The zero-order chi connectivity index (χ0) is 68.5. The number of amides is 8. The molecule has 492 valence electrons. The highest BCUT2D eigenvalue weighted by molar-refractivity contribution is 6.30. The quantitative estimate of drug-likeness (QED) is 0.0687. The van der Waals surface area contributed by atoms with Crippen molar-refractivity contribution >= 4 is 82.2 Å². The van der Waals surface area contributed by atoms with E-state index in [1.165, 1.54) is 66.2 Å². The molecule has 0 N–H and O–H groups in total. The minimum Gasteiger partial charge on any atom is -0.274 e. The third kappa shape index (κ3) is 12.7. The summed E-state index contributed by atoms with van der Waals surface area (Å²) in [7, 11) is 0. The number of anilines is 4. The van der Waals surface area contributed by atoms with Gasteiger partial charge in [-0.05, 0) is 205 Å². The molecule has 0 aromatic heterocycles. The van der Waals surface area contributed by atoms with Crippen molar-refractivity contribution in [3.63, 3.8) is 0 Å². The summed E-state index contributed by atoms with van der Waals surface area (Å²) in [6.07, 6.45) is 25.7. The lowest BCUT2D eigenvalue weighted by Crippen LogP contribution is -2.34. The number of imide groups is 4. The molecule has 8 atom stereocenters. The summed E-state index contributed by atoms with van der Waals surface area (Å²) in [5.74, 6) is -1.45. The fraction of sp³-hybridized carbons (Fsp3) is 0.333. The van der Waals surface area contributed by atoms with Crippen LogP contribution in [0.25, 0.3) is 12.2 Å². The maximum atomic E-state index is 13.6. The SMILES string of the molecule is C=Cc1ccc(CC)cc1.C=Cc1ccc(CC)cc1.CCc1cc(Cc2cc(C)c(N3C(=O)C4C5C=CC(C5)C4C3=O)c(CC)c2)cc(C)c1N1C(=O)C2C3C=CC(C3)C2C1=O.CCc1cc(Cc2cc(C)c(N3C(=O)C=CC3=O)c(CC)c2)cc(C)c1N1C(=O)C=CC1=O. The number of aryl methyl sites for hydroxylation is 10. The van der Waals surface area contributed by atoms with E-state index in [2.05, 4.69) is 138 Å². The van der Waals surface area contributed by atoms with Gasteiger partial charge in [-0.1, -0.05) is 188 Å². The summed E-state index contributed by atoms with van der Waals surface area (Å²) in [5, 5.41) is 0. The third-order valence-corrected chi connectivity index (χ3v) is 20.8. The Hall–Kier alpha value is -9.68. The first-order chi connectivity index (χ1) is 46.2. The second kappa shape index (κ2) is 28.3. The van der Waals surface area contributed by atoms with Crippen molar-refractivity contribution < 1.29 is 38.4 Å². The lowest BCUT2D eigenvalue weighted by atomic mass is 9.85. The van der Waals surface area contributed by atoms with Crippen LogP contribution in [0.4, 0.5) is 22.7 Å². The molecule has 0 radical (unpaired) electrons. The van der Waals surface area contributed by atoms with Gasteiger partial charge in [0.05, 0.1) is 46.4 Å². The Kier molecular flexibility index (Phi) is 20.0. The summed E-state index contributed by atoms with van der Waals surface area (Å²) < 4.78 is 0. The van der Waals surface area contributed by atoms with Crippen LogP contribution in [-0.2, 0) is 89.7 Å². The van der Waals surface area contributed by atoms with Crippen molar-refractivity contribution in [1.29, 1.82) is 0 Å². The average molecular weight is 1280 g/mol. The number of carbonyl (C=O) groups is 8. The van der Waals surface area contributed by atoms with E-state index in [-0.39, 0.29) is 94.6 Å². The smallest absolute Gasteiger partial charge is 0.258 e. The second-order valence-corrected chi connectivity index (χ2v) is 26.8. The molecular formula is C84H88N4O8. The van der Waals surface area contributed by atoms with Crippen LogP contribution in [0.15, 0.2) is 159 Å². The Morgan fingerprint density at radius 1 is 0.333 bits per heavy atom. The van der Waals surface area contributed by atoms with E-state index in [1.807, 2.05) is 78.0 Å². The summed E-state index contributed by atoms with van der Waals surface area (Å²) in [6.45, 7) is 27.7. The molecule has 12 heteroatoms. The molecule has 2 saturated heterocycles. The Labute approximate surface area is 565 Å². The van der Waals surface area contributed by atoms with E-state index in [0.717, 1.165) is 117 Å². The van der Waals surface area contributed by atoms with Crippen LogP contribution >= 0.6 is 0 Å². The monoisotopic (exact) mass is 1280 g/mol. The minimum absolute atomic E-state index is 0.0323. The number of allylic oxidation sites excluding steroid dienone is 4. The van der Waals surface area contributed by atoms with Crippen LogP contribution in [0.1, 0.15) is 143 Å². The molecule has 4 bridgehead atoms. The molecule has 2 saturated carbocycles. The van der Waals surface area contributed by atoms with Crippen molar-refractivity contribution in [2.45, 2.75) is 133 Å². The van der Waals surface area contributed by atoms with E-state index in [9.17, 15) is 38.4 Å². The van der Waals surface area contributed by atoms with Crippen molar-refractivity contribution in [2.75, 3.05) is 19.6 Å². The molecular weight excluding hydrogens is 1190 g/mol. The highest BCUT2D eigenvalue weighted by Crippen LogP contribution is 2.55. The first-order valence-electron chi connectivity index (χ1n) is 34.4. The summed E-state index contributed by atoms with van der Waals surface area (Å²) in [5.41, 5.74) is 20.0. The summed E-state index contributed by atoms with van der Waals surface area (Å²) in [4.78, 5) is 109. The molecule has 4 heterocycles. The number of carbonyl (C=O) groups excluding carboxylic acids is 8. The molecule has 12 nitrogen and oxygen atoms in total. The Morgan fingerprint density at radius 2 is 0.573 bits per heavy atom. The molecule has 4 aliphatic heterocycles. The minimum atomic E-state index is -0.315. The largest absolute Gasteiger partial charge is 0.274 e. The zero-order valence-electron chi connectivity index (χ0n) is 57.2. The van der Waals surface area contributed by atoms with Gasteiger partial charge < -0.3 is 0 Å². The van der Waals surface area contributed by atoms with E-state index < -0.39 is 0 Å².